The van der Waals surface area contributed by atoms with Crippen LogP contribution >= 0.6 is 0 Å². The second-order valence-corrected chi connectivity index (χ2v) is 9.25. The lowest BCUT2D eigenvalue weighted by Crippen LogP contribution is -2.28. The van der Waals surface area contributed by atoms with E-state index in [1.807, 2.05) is 0 Å². The van der Waals surface area contributed by atoms with E-state index in [4.69, 9.17) is 0 Å². The molecule has 0 aliphatic rings. The van der Waals surface area contributed by atoms with E-state index in [0.29, 0.717) is 12.2 Å². The zero-order valence-corrected chi connectivity index (χ0v) is 11.1. The van der Waals surface area contributed by atoms with E-state index in [-0.39, 0.29) is 0 Å². The highest BCUT2D eigenvalue weighted by Gasteiger charge is 2.22. The highest BCUT2D eigenvalue weighted by molar-refractivity contribution is 6.84. The molecule has 0 aliphatic carbocycles. The van der Waals surface area contributed by atoms with Crippen LogP contribution in [0.3, 0.4) is 0 Å². The Balaban J connectivity index is 4.08. The summed E-state index contributed by atoms with van der Waals surface area (Å²) in [7, 11) is -1.08. The average molecular weight is 212 g/mol. The van der Waals surface area contributed by atoms with E-state index in [2.05, 4.69) is 32.5 Å². The van der Waals surface area contributed by atoms with Crippen molar-refractivity contribution in [3.63, 3.8) is 0 Å². The van der Waals surface area contributed by atoms with Gasteiger partial charge in [0.1, 0.15) is 5.78 Å². The van der Waals surface area contributed by atoms with Crippen LogP contribution in [0.5, 0.6) is 0 Å². The molecule has 0 aromatic heterocycles. The molecule has 0 saturated heterocycles. The summed E-state index contributed by atoms with van der Waals surface area (Å²) in [5.41, 5.74) is 2.45. The van der Waals surface area contributed by atoms with Crippen molar-refractivity contribution in [2.24, 2.45) is 0 Å². The molecule has 0 unspecified atom stereocenters. The van der Waals surface area contributed by atoms with Crippen molar-refractivity contribution in [1.29, 1.82) is 0 Å². The number of hydrogen-bond acceptors (Lipinski definition) is 1. The van der Waals surface area contributed by atoms with Crippen LogP contribution in [-0.4, -0.2) is 13.9 Å². The summed E-state index contributed by atoms with van der Waals surface area (Å²) < 4.78 is 0. The van der Waals surface area contributed by atoms with Crippen LogP contribution in [0.25, 0.3) is 0 Å². The molecule has 1 nitrogen and oxygen atoms in total. The van der Waals surface area contributed by atoms with Gasteiger partial charge in [0.2, 0.25) is 0 Å². The summed E-state index contributed by atoms with van der Waals surface area (Å²) in [5.74, 6) is 0.298. The Morgan fingerprint density at radius 2 is 1.64 bits per heavy atom. The molecule has 0 aromatic carbocycles. The molecule has 0 radical (unpaired) electrons. The molecule has 0 atom stereocenters. The molecular weight excluding hydrogens is 188 g/mol. The summed E-state index contributed by atoms with van der Waals surface area (Å²) in [4.78, 5) is 10.8. The van der Waals surface area contributed by atoms with Gasteiger partial charge in [-0.05, 0) is 13.3 Å². The van der Waals surface area contributed by atoms with E-state index in [1.54, 1.807) is 6.92 Å². The van der Waals surface area contributed by atoms with Crippen molar-refractivity contribution < 1.29 is 4.79 Å². The van der Waals surface area contributed by atoms with E-state index in [0.717, 1.165) is 6.42 Å². The predicted molar refractivity (Wildman–Crippen MR) is 66.3 cm³/mol. The van der Waals surface area contributed by atoms with Gasteiger partial charge in [0.05, 0.1) is 8.07 Å². The number of hydrogen-bond donors (Lipinski definition) is 0. The number of rotatable bonds is 7. The highest BCUT2D eigenvalue weighted by Crippen LogP contribution is 2.21. The summed E-state index contributed by atoms with van der Waals surface area (Å²) in [6, 6.07) is 3.99. The Kier molecular flexibility index (Phi) is 6.80. The third kappa shape index (κ3) is 4.75. The molecule has 82 valence electrons. The van der Waals surface area contributed by atoms with Gasteiger partial charge < -0.3 is 4.79 Å². The van der Waals surface area contributed by atoms with Gasteiger partial charge in [0.25, 0.3) is 0 Å². The molecule has 0 aromatic rings. The van der Waals surface area contributed by atoms with Gasteiger partial charge >= 0.3 is 0 Å². The molecule has 0 saturated carbocycles. The van der Waals surface area contributed by atoms with Gasteiger partial charge in [-0.1, -0.05) is 50.7 Å². The number of Topliss-reactive ketones (excluding diaryl/α,β-unsaturated/α-hetero) is 1. The first-order valence-corrected chi connectivity index (χ1v) is 8.47. The quantitative estimate of drug-likeness (QED) is 0.584. The van der Waals surface area contributed by atoms with Crippen LogP contribution in [0, 0.1) is 0 Å². The van der Waals surface area contributed by atoms with Crippen LogP contribution < -0.4 is 0 Å². The third-order valence-corrected chi connectivity index (χ3v) is 8.41. The Labute approximate surface area is 89.6 Å². The third-order valence-electron chi connectivity index (χ3n) is 3.25. The first-order valence-electron chi connectivity index (χ1n) is 5.77. The Bertz CT molecular complexity index is 184. The molecule has 0 aliphatic heterocycles. The number of carbonyl (C=O) groups excluding carboxylic acids is 1. The minimum atomic E-state index is -1.08. The van der Waals surface area contributed by atoms with Crippen LogP contribution in [0.4, 0.5) is 0 Å². The smallest absolute Gasteiger partial charge is 0.130 e. The zero-order valence-electron chi connectivity index (χ0n) is 10.1. The predicted octanol–water partition coefficient (Wildman–Crippen LogP) is 3.96. The van der Waals surface area contributed by atoms with Gasteiger partial charge in [-0.3, -0.25) is 0 Å². The number of allylic oxidation sites excluding steroid dienone is 1. The molecule has 0 spiro atoms. The summed E-state index contributed by atoms with van der Waals surface area (Å²) >= 11 is 0. The normalized spacial score (nSPS) is 12.3. The molecule has 0 rings (SSSR count). The highest BCUT2D eigenvalue weighted by atomic mass is 28.3. The summed E-state index contributed by atoms with van der Waals surface area (Å²) in [6.45, 7) is 8.57. The van der Waals surface area contributed by atoms with Gasteiger partial charge in [-0.25, -0.2) is 0 Å². The maximum atomic E-state index is 10.8. The summed E-state index contributed by atoms with van der Waals surface area (Å²) in [5, 5.41) is 0. The van der Waals surface area contributed by atoms with Crippen molar-refractivity contribution in [2.75, 3.05) is 0 Å². The molecule has 14 heavy (non-hydrogen) atoms. The van der Waals surface area contributed by atoms with Gasteiger partial charge in [0.15, 0.2) is 0 Å². The minimum Gasteiger partial charge on any atom is -0.300 e. The zero-order chi connectivity index (χ0) is 11.0. The first kappa shape index (κ1) is 13.6. The Morgan fingerprint density at radius 1 is 1.14 bits per heavy atom. The Morgan fingerprint density at radius 3 is 2.00 bits per heavy atom. The maximum Gasteiger partial charge on any atom is 0.130 e. The van der Waals surface area contributed by atoms with Gasteiger partial charge in [0, 0.05) is 6.42 Å². The lowest BCUT2D eigenvalue weighted by atomic mass is 10.2. The number of carbonyl (C=O) groups is 1. The largest absolute Gasteiger partial charge is 0.300 e. The van der Waals surface area contributed by atoms with E-state index in [9.17, 15) is 4.79 Å². The molecule has 0 bridgehead atoms. The number of ketones is 1. The maximum absolute atomic E-state index is 10.8. The second kappa shape index (κ2) is 6.99. The SMILES string of the molecule is CC[Si](/C=C\CCC(C)=O)(CC)CC. The van der Waals surface area contributed by atoms with Crippen LogP contribution in [0.1, 0.15) is 40.5 Å². The van der Waals surface area contributed by atoms with Crippen molar-refractivity contribution in [2.45, 2.75) is 58.7 Å². The van der Waals surface area contributed by atoms with Gasteiger partial charge in [-0.15, -0.1) is 0 Å². The minimum absolute atomic E-state index is 0.298. The van der Waals surface area contributed by atoms with Crippen molar-refractivity contribution >= 4 is 13.9 Å². The van der Waals surface area contributed by atoms with E-state index < -0.39 is 8.07 Å². The molecule has 0 heterocycles. The fourth-order valence-corrected chi connectivity index (χ4v) is 4.60. The van der Waals surface area contributed by atoms with Crippen molar-refractivity contribution in [1.82, 2.24) is 0 Å². The lowest BCUT2D eigenvalue weighted by molar-refractivity contribution is -0.116. The fourth-order valence-electron chi connectivity index (χ4n) is 1.72. The summed E-state index contributed by atoms with van der Waals surface area (Å²) in [6.07, 6.45) is 3.88. The first-order chi connectivity index (χ1) is 6.60. The van der Waals surface area contributed by atoms with Crippen molar-refractivity contribution in [3.05, 3.63) is 11.8 Å². The molecule has 0 N–H and O–H groups in total. The van der Waals surface area contributed by atoms with E-state index >= 15 is 0 Å². The molecule has 2 heteroatoms. The average Bonchev–Trinajstić information content (AvgIpc) is 2.19. The second-order valence-electron chi connectivity index (χ2n) is 4.07. The fraction of sp³-hybridized carbons (Fsp3) is 0.750. The lowest BCUT2D eigenvalue weighted by Gasteiger charge is -2.23. The standard InChI is InChI=1S/C12H24OSi/c1-5-14(6-2,7-3)11-9-8-10-12(4)13/h9,11H,5-8,10H2,1-4H3/b11-9-. The topological polar surface area (TPSA) is 17.1 Å². The molecule has 0 amide bonds. The van der Waals surface area contributed by atoms with Crippen molar-refractivity contribution in [3.8, 4) is 0 Å². The van der Waals surface area contributed by atoms with Crippen LogP contribution in [-0.2, 0) is 4.79 Å². The molecule has 0 fully saturated rings. The Hall–Kier alpha value is -0.373. The van der Waals surface area contributed by atoms with Crippen LogP contribution in [0.15, 0.2) is 11.8 Å². The van der Waals surface area contributed by atoms with Crippen LogP contribution in [0.2, 0.25) is 18.1 Å². The molecular formula is C12H24OSi. The van der Waals surface area contributed by atoms with E-state index in [1.165, 1.54) is 18.1 Å². The van der Waals surface area contributed by atoms with Gasteiger partial charge in [-0.2, -0.15) is 0 Å². The monoisotopic (exact) mass is 212 g/mol.